The van der Waals surface area contributed by atoms with E-state index in [-0.39, 0.29) is 10.8 Å². The Hall–Kier alpha value is -5.08. The summed E-state index contributed by atoms with van der Waals surface area (Å²) >= 11 is 0. The van der Waals surface area contributed by atoms with Crippen molar-refractivity contribution in [2.75, 3.05) is 4.90 Å². The van der Waals surface area contributed by atoms with Gasteiger partial charge in [0.25, 0.3) is 0 Å². The molecule has 2 aliphatic rings. The molecule has 0 fully saturated rings. The Bertz CT molecular complexity index is 2300. The summed E-state index contributed by atoms with van der Waals surface area (Å²) in [5.41, 5.74) is 15.9. The largest absolute Gasteiger partial charge is 0.456 e. The quantitative estimate of drug-likeness (QED) is 0.211. The second-order valence-corrected chi connectivity index (χ2v) is 13.4. The molecule has 0 spiro atoms. The first-order chi connectivity index (χ1) is 21.3. The van der Waals surface area contributed by atoms with E-state index in [1.165, 1.54) is 50.2 Å². The molecule has 0 bridgehead atoms. The zero-order valence-electron chi connectivity index (χ0n) is 25.5. The molecule has 212 valence electrons. The maximum absolute atomic E-state index is 6.25. The summed E-state index contributed by atoms with van der Waals surface area (Å²) in [6.07, 6.45) is 0. The summed E-state index contributed by atoms with van der Waals surface area (Å²) in [4.78, 5) is 2.48. The van der Waals surface area contributed by atoms with Crippen LogP contribution in [-0.4, -0.2) is 0 Å². The summed E-state index contributed by atoms with van der Waals surface area (Å²) in [5.74, 6) is 0. The first-order valence-corrected chi connectivity index (χ1v) is 15.5. The number of rotatable bonds is 3. The normalized spacial score (nSPS) is 15.2. The third-order valence-corrected chi connectivity index (χ3v) is 10.2. The Kier molecular flexibility index (Phi) is 5.05. The molecule has 0 atom stereocenters. The molecule has 2 aliphatic carbocycles. The van der Waals surface area contributed by atoms with Gasteiger partial charge in [0.05, 0.1) is 5.69 Å². The third kappa shape index (κ3) is 3.31. The van der Waals surface area contributed by atoms with Gasteiger partial charge in [0.15, 0.2) is 0 Å². The molecule has 0 aliphatic heterocycles. The number of para-hydroxylation sites is 1. The molecule has 0 radical (unpaired) electrons. The van der Waals surface area contributed by atoms with Crippen molar-refractivity contribution in [1.82, 2.24) is 0 Å². The Morgan fingerprint density at radius 2 is 1.05 bits per heavy atom. The lowest BCUT2D eigenvalue weighted by Gasteiger charge is -2.33. The molecule has 0 amide bonds. The molecule has 0 saturated carbocycles. The van der Waals surface area contributed by atoms with Crippen molar-refractivity contribution in [3.05, 3.63) is 150 Å². The minimum absolute atomic E-state index is 0.0908. The summed E-state index contributed by atoms with van der Waals surface area (Å²) in [6.45, 7) is 9.45. The number of nitrogens with zero attached hydrogens (tertiary/aromatic N) is 1. The predicted molar refractivity (Wildman–Crippen MR) is 184 cm³/mol. The fourth-order valence-corrected chi connectivity index (χ4v) is 8.12. The van der Waals surface area contributed by atoms with Crippen molar-refractivity contribution in [3.63, 3.8) is 0 Å². The second kappa shape index (κ2) is 8.74. The van der Waals surface area contributed by atoms with E-state index < -0.39 is 0 Å². The van der Waals surface area contributed by atoms with Gasteiger partial charge in [-0.2, -0.15) is 0 Å². The van der Waals surface area contributed by atoms with E-state index in [1.807, 2.05) is 6.07 Å². The van der Waals surface area contributed by atoms with Crippen LogP contribution in [-0.2, 0) is 10.8 Å². The molecule has 9 rings (SSSR count). The van der Waals surface area contributed by atoms with Crippen LogP contribution in [0.3, 0.4) is 0 Å². The molecule has 2 heteroatoms. The third-order valence-electron chi connectivity index (χ3n) is 10.2. The Morgan fingerprint density at radius 1 is 0.455 bits per heavy atom. The average Bonchev–Trinajstić information content (AvgIpc) is 3.61. The minimum Gasteiger partial charge on any atom is -0.456 e. The first-order valence-electron chi connectivity index (χ1n) is 15.5. The molecular formula is C42H33NO. The van der Waals surface area contributed by atoms with E-state index in [9.17, 15) is 0 Å². The molecule has 2 nitrogen and oxygen atoms in total. The van der Waals surface area contributed by atoms with Crippen molar-refractivity contribution < 1.29 is 4.42 Å². The predicted octanol–water partition coefficient (Wildman–Crippen LogP) is 11.7. The van der Waals surface area contributed by atoms with Crippen LogP contribution in [0.25, 0.3) is 44.2 Å². The highest BCUT2D eigenvalue weighted by Gasteiger charge is 2.40. The van der Waals surface area contributed by atoms with Gasteiger partial charge >= 0.3 is 0 Å². The van der Waals surface area contributed by atoms with Crippen LogP contribution in [0.15, 0.2) is 132 Å². The molecule has 0 unspecified atom stereocenters. The summed E-state index contributed by atoms with van der Waals surface area (Å²) < 4.78 is 6.25. The average molecular weight is 568 g/mol. The zero-order chi connectivity index (χ0) is 29.8. The van der Waals surface area contributed by atoms with E-state index in [1.54, 1.807) is 0 Å². The van der Waals surface area contributed by atoms with Gasteiger partial charge in [0.1, 0.15) is 11.2 Å². The van der Waals surface area contributed by atoms with Crippen LogP contribution in [0.1, 0.15) is 49.9 Å². The molecule has 7 aromatic rings. The summed E-state index contributed by atoms with van der Waals surface area (Å²) in [5, 5.41) is 2.27. The minimum atomic E-state index is -0.153. The smallest absolute Gasteiger partial charge is 0.135 e. The van der Waals surface area contributed by atoms with Crippen LogP contribution in [0, 0.1) is 0 Å². The van der Waals surface area contributed by atoms with Crippen LogP contribution >= 0.6 is 0 Å². The van der Waals surface area contributed by atoms with Gasteiger partial charge in [-0.3, -0.25) is 0 Å². The van der Waals surface area contributed by atoms with Gasteiger partial charge in [-0.05, 0) is 87.0 Å². The van der Waals surface area contributed by atoms with Gasteiger partial charge < -0.3 is 9.32 Å². The molecule has 44 heavy (non-hydrogen) atoms. The molecule has 1 heterocycles. The molecular weight excluding hydrogens is 534 g/mol. The highest BCUT2D eigenvalue weighted by Crippen LogP contribution is 2.55. The number of benzene rings is 6. The molecule has 6 aromatic carbocycles. The van der Waals surface area contributed by atoms with Crippen molar-refractivity contribution in [2.45, 2.75) is 38.5 Å². The highest BCUT2D eigenvalue weighted by atomic mass is 16.3. The van der Waals surface area contributed by atoms with Crippen LogP contribution in [0.4, 0.5) is 17.1 Å². The summed E-state index contributed by atoms with van der Waals surface area (Å²) in [7, 11) is 0. The lowest BCUT2D eigenvalue weighted by atomic mass is 9.81. The second-order valence-electron chi connectivity index (χ2n) is 13.4. The maximum Gasteiger partial charge on any atom is 0.135 e. The SMILES string of the molecule is CC1(C)c2ccccc2-c2ccc(N(c3ccc4oc5ccccc5c4c3)c3cccc4c3C(C)(C)c3ccccc3-4)cc21. The Balaban J connectivity index is 1.32. The highest BCUT2D eigenvalue weighted by molar-refractivity contribution is 6.07. The van der Waals surface area contributed by atoms with Crippen molar-refractivity contribution in [1.29, 1.82) is 0 Å². The topological polar surface area (TPSA) is 16.4 Å². The lowest BCUT2D eigenvalue weighted by molar-refractivity contribution is 0.658. The van der Waals surface area contributed by atoms with Gasteiger partial charge in [-0.1, -0.05) is 113 Å². The van der Waals surface area contributed by atoms with Crippen molar-refractivity contribution in [3.8, 4) is 22.3 Å². The number of hydrogen-bond donors (Lipinski definition) is 0. The first kappa shape index (κ1) is 25.4. The molecule has 1 aromatic heterocycles. The lowest BCUT2D eigenvalue weighted by Crippen LogP contribution is -2.21. The van der Waals surface area contributed by atoms with Gasteiger partial charge in [0, 0.05) is 33.0 Å². The van der Waals surface area contributed by atoms with E-state index in [2.05, 4.69) is 154 Å². The van der Waals surface area contributed by atoms with E-state index in [0.717, 1.165) is 33.3 Å². The molecule has 0 N–H and O–H groups in total. The van der Waals surface area contributed by atoms with E-state index in [0.29, 0.717) is 0 Å². The van der Waals surface area contributed by atoms with Gasteiger partial charge in [0.2, 0.25) is 0 Å². The van der Waals surface area contributed by atoms with Crippen molar-refractivity contribution in [2.24, 2.45) is 0 Å². The Labute approximate surface area is 258 Å². The van der Waals surface area contributed by atoms with Crippen LogP contribution in [0.5, 0.6) is 0 Å². The zero-order valence-corrected chi connectivity index (χ0v) is 25.5. The fraction of sp³-hybridized carbons (Fsp3) is 0.143. The van der Waals surface area contributed by atoms with Gasteiger partial charge in [-0.15, -0.1) is 0 Å². The number of furan rings is 1. The maximum atomic E-state index is 6.25. The number of hydrogen-bond acceptors (Lipinski definition) is 2. The molecule has 0 saturated heterocycles. The van der Waals surface area contributed by atoms with E-state index in [4.69, 9.17) is 4.42 Å². The van der Waals surface area contributed by atoms with E-state index >= 15 is 0 Å². The summed E-state index contributed by atoms with van der Waals surface area (Å²) in [6, 6.07) is 46.6. The number of anilines is 3. The van der Waals surface area contributed by atoms with Crippen LogP contribution < -0.4 is 4.90 Å². The van der Waals surface area contributed by atoms with Gasteiger partial charge in [-0.25, -0.2) is 0 Å². The number of fused-ring (bicyclic) bond motifs is 9. The van der Waals surface area contributed by atoms with Crippen LogP contribution in [0.2, 0.25) is 0 Å². The van der Waals surface area contributed by atoms with Crippen molar-refractivity contribution >= 4 is 39.0 Å². The fourth-order valence-electron chi connectivity index (χ4n) is 8.12. The monoisotopic (exact) mass is 567 g/mol. The Morgan fingerprint density at radius 3 is 1.86 bits per heavy atom. The standard InChI is InChI=1S/C42H33NO/c1-41(2)34-16-8-5-12-28(34)30-22-20-27(25-36(30)41)43(26-21-23-39-33(24-26)31-14-7-10-19-38(31)44-39)37-18-11-15-32-29-13-6-9-17-35(29)42(3,4)40(32)37/h5-25H,1-4H3.